The summed E-state index contributed by atoms with van der Waals surface area (Å²) >= 11 is 0. The zero-order valence-electron chi connectivity index (χ0n) is 16.5. The monoisotopic (exact) mass is 399 g/mol. The van der Waals surface area contributed by atoms with Crippen molar-refractivity contribution in [3.8, 4) is 0 Å². The largest absolute Gasteiger partial charge is 0.444 e. The molecule has 7 nitrogen and oxygen atoms in total. The van der Waals surface area contributed by atoms with E-state index in [4.69, 9.17) is 4.74 Å². The van der Waals surface area contributed by atoms with E-state index in [2.05, 4.69) is 15.0 Å². The summed E-state index contributed by atoms with van der Waals surface area (Å²) in [6.07, 6.45) is -2.80. The zero-order valence-corrected chi connectivity index (χ0v) is 16.5. The van der Waals surface area contributed by atoms with Crippen molar-refractivity contribution in [2.45, 2.75) is 58.5 Å². The normalized spacial score (nSPS) is 21.3. The fourth-order valence-electron chi connectivity index (χ4n) is 3.38. The van der Waals surface area contributed by atoms with Gasteiger partial charge < -0.3 is 19.5 Å². The van der Waals surface area contributed by atoms with E-state index in [-0.39, 0.29) is 28.9 Å². The predicted octanol–water partition coefficient (Wildman–Crippen LogP) is 3.81. The van der Waals surface area contributed by atoms with E-state index in [1.54, 1.807) is 30.6 Å². The van der Waals surface area contributed by atoms with Crippen LogP contribution in [0.2, 0.25) is 0 Å². The Kier molecular flexibility index (Phi) is 4.93. The number of halogens is 3. The predicted molar refractivity (Wildman–Crippen MR) is 98.1 cm³/mol. The van der Waals surface area contributed by atoms with Crippen LogP contribution in [0.1, 0.15) is 40.2 Å². The fourth-order valence-corrected chi connectivity index (χ4v) is 3.38. The van der Waals surface area contributed by atoms with Crippen molar-refractivity contribution in [1.82, 2.24) is 19.9 Å². The number of nitrogens with zero attached hydrogens (tertiary/aromatic N) is 4. The Morgan fingerprint density at radius 1 is 1.18 bits per heavy atom. The molecule has 0 bridgehead atoms. The average Bonchev–Trinajstić information content (AvgIpc) is 2.99. The van der Waals surface area contributed by atoms with E-state index in [0.29, 0.717) is 13.1 Å². The van der Waals surface area contributed by atoms with E-state index in [9.17, 15) is 18.0 Å². The van der Waals surface area contributed by atoms with Gasteiger partial charge >= 0.3 is 12.3 Å². The number of rotatable bonds is 1. The summed E-state index contributed by atoms with van der Waals surface area (Å²) in [6, 6.07) is -0.512. The molecule has 1 aliphatic rings. The first-order valence-corrected chi connectivity index (χ1v) is 9.04. The summed E-state index contributed by atoms with van der Waals surface area (Å²) in [6.45, 7) is 9.69. The van der Waals surface area contributed by atoms with Crippen LogP contribution < -0.4 is 4.90 Å². The maximum atomic E-state index is 13.4. The van der Waals surface area contributed by atoms with Crippen molar-refractivity contribution in [2.75, 3.05) is 18.0 Å². The number of alkyl halides is 3. The van der Waals surface area contributed by atoms with Gasteiger partial charge in [0, 0.05) is 31.4 Å². The van der Waals surface area contributed by atoms with Gasteiger partial charge in [-0.1, -0.05) is 0 Å². The highest BCUT2D eigenvalue weighted by molar-refractivity contribution is 5.91. The van der Waals surface area contributed by atoms with Gasteiger partial charge in [-0.25, -0.2) is 14.8 Å². The highest BCUT2D eigenvalue weighted by Crippen LogP contribution is 2.39. The molecule has 0 spiro atoms. The number of piperazine rings is 1. The molecule has 1 N–H and O–H groups in total. The molecule has 1 fully saturated rings. The molecule has 154 valence electrons. The summed E-state index contributed by atoms with van der Waals surface area (Å²) in [5, 5.41) is -0.0558. The van der Waals surface area contributed by atoms with Crippen LogP contribution in [0.3, 0.4) is 0 Å². The molecule has 10 heteroatoms. The summed E-state index contributed by atoms with van der Waals surface area (Å²) in [5.74, 6) is 0.210. The summed E-state index contributed by atoms with van der Waals surface area (Å²) in [5.41, 5.74) is -1.29. The molecule has 3 rings (SSSR count). The van der Waals surface area contributed by atoms with Gasteiger partial charge in [0.15, 0.2) is 0 Å². The number of nitrogens with one attached hydrogen (secondary N) is 1. The molecule has 28 heavy (non-hydrogen) atoms. The van der Waals surface area contributed by atoms with Gasteiger partial charge in [0.2, 0.25) is 0 Å². The number of amides is 1. The van der Waals surface area contributed by atoms with Gasteiger partial charge in [-0.05, 0) is 34.6 Å². The van der Waals surface area contributed by atoms with Crippen LogP contribution in [0.5, 0.6) is 0 Å². The number of aromatic amines is 1. The van der Waals surface area contributed by atoms with Crippen molar-refractivity contribution in [2.24, 2.45) is 0 Å². The Balaban J connectivity index is 1.92. The van der Waals surface area contributed by atoms with Crippen molar-refractivity contribution in [3.63, 3.8) is 0 Å². The first-order chi connectivity index (χ1) is 12.9. The molecule has 0 saturated carbocycles. The van der Waals surface area contributed by atoms with Crippen LogP contribution in [0, 0.1) is 0 Å². The molecule has 2 atom stereocenters. The van der Waals surface area contributed by atoms with Crippen LogP contribution in [-0.4, -0.2) is 56.7 Å². The van der Waals surface area contributed by atoms with Crippen molar-refractivity contribution in [1.29, 1.82) is 0 Å². The van der Waals surface area contributed by atoms with E-state index >= 15 is 0 Å². The van der Waals surface area contributed by atoms with Gasteiger partial charge in [-0.15, -0.1) is 0 Å². The average molecular weight is 399 g/mol. The number of hydrogen-bond acceptors (Lipinski definition) is 5. The fraction of sp³-hybridized carbons (Fsp3) is 0.611. The molecule has 1 aliphatic heterocycles. The maximum Gasteiger partial charge on any atom is 0.418 e. The van der Waals surface area contributed by atoms with E-state index in [1.807, 2.05) is 13.8 Å². The number of hydrogen-bond donors (Lipinski definition) is 1. The molecule has 2 aromatic heterocycles. The molecule has 1 unspecified atom stereocenters. The number of carbonyl (C=O) groups is 1. The van der Waals surface area contributed by atoms with Gasteiger partial charge in [-0.2, -0.15) is 13.2 Å². The second kappa shape index (κ2) is 6.82. The summed E-state index contributed by atoms with van der Waals surface area (Å²) < 4.78 is 45.7. The Morgan fingerprint density at radius 3 is 2.46 bits per heavy atom. The molecular formula is C18H24F3N5O2. The Morgan fingerprint density at radius 2 is 1.86 bits per heavy atom. The number of anilines is 1. The van der Waals surface area contributed by atoms with Gasteiger partial charge in [0.1, 0.15) is 23.4 Å². The van der Waals surface area contributed by atoms with E-state index in [0.717, 1.165) is 6.20 Å². The van der Waals surface area contributed by atoms with Crippen LogP contribution in [-0.2, 0) is 10.9 Å². The van der Waals surface area contributed by atoms with E-state index in [1.165, 1.54) is 6.33 Å². The number of carbonyl (C=O) groups excluding carboxylic acids is 1. The van der Waals surface area contributed by atoms with Crippen molar-refractivity contribution in [3.05, 3.63) is 18.1 Å². The SMILES string of the molecule is CC1CN(C(=O)OC(C)(C)C)[C@H](C)CN1c1ncnc2[nH]cc(C(F)(F)F)c12. The number of aromatic nitrogens is 3. The minimum atomic E-state index is -4.52. The quantitative estimate of drug-likeness (QED) is 0.789. The lowest BCUT2D eigenvalue weighted by atomic mass is 10.1. The first-order valence-electron chi connectivity index (χ1n) is 9.04. The summed E-state index contributed by atoms with van der Waals surface area (Å²) in [7, 11) is 0. The smallest absolute Gasteiger partial charge is 0.418 e. The standard InChI is InChI=1S/C18H24F3N5O2/c1-10-8-26(16(27)28-17(3,4)5)11(2)7-25(10)15-13-12(18(19,20)21)6-22-14(13)23-9-24-15/h6,9-11H,7-8H2,1-5H3,(H,22,23,24)/t10?,11-/m1/s1. The van der Waals surface area contributed by atoms with Gasteiger partial charge in [0.05, 0.1) is 10.9 Å². The highest BCUT2D eigenvalue weighted by Gasteiger charge is 2.39. The Labute approximate surface area is 160 Å². The van der Waals surface area contributed by atoms with Crippen LogP contribution in [0.25, 0.3) is 11.0 Å². The first kappa shape index (κ1) is 20.2. The molecule has 3 heterocycles. The molecule has 0 radical (unpaired) electrons. The van der Waals surface area contributed by atoms with Gasteiger partial charge in [0.25, 0.3) is 0 Å². The highest BCUT2D eigenvalue weighted by atomic mass is 19.4. The third-order valence-corrected chi connectivity index (χ3v) is 4.64. The summed E-state index contributed by atoms with van der Waals surface area (Å²) in [4.78, 5) is 26.5. The molecule has 2 aromatic rings. The number of fused-ring (bicyclic) bond motifs is 1. The van der Waals surface area contributed by atoms with Crippen molar-refractivity contribution < 1.29 is 22.7 Å². The van der Waals surface area contributed by atoms with Crippen LogP contribution >= 0.6 is 0 Å². The van der Waals surface area contributed by atoms with Crippen molar-refractivity contribution >= 4 is 22.9 Å². The number of ether oxygens (including phenoxy) is 1. The lowest BCUT2D eigenvalue weighted by molar-refractivity contribution is -0.136. The lowest BCUT2D eigenvalue weighted by Gasteiger charge is -2.44. The third kappa shape index (κ3) is 3.85. The topological polar surface area (TPSA) is 74.3 Å². The minimum Gasteiger partial charge on any atom is -0.444 e. The molecule has 0 aromatic carbocycles. The molecule has 0 aliphatic carbocycles. The Bertz CT molecular complexity index is 874. The molecule has 1 amide bonds. The van der Waals surface area contributed by atoms with Crippen LogP contribution in [0.4, 0.5) is 23.8 Å². The third-order valence-electron chi connectivity index (χ3n) is 4.64. The Hall–Kier alpha value is -2.52. The van der Waals surface area contributed by atoms with Gasteiger partial charge in [-0.3, -0.25) is 0 Å². The second-order valence-corrected chi connectivity index (χ2v) is 8.10. The van der Waals surface area contributed by atoms with E-state index < -0.39 is 23.4 Å². The van der Waals surface area contributed by atoms with Crippen LogP contribution in [0.15, 0.2) is 12.5 Å². The zero-order chi connectivity index (χ0) is 20.9. The molecular weight excluding hydrogens is 375 g/mol. The minimum absolute atomic E-state index is 0.0558. The second-order valence-electron chi connectivity index (χ2n) is 8.10. The maximum absolute atomic E-state index is 13.4. The molecule has 1 saturated heterocycles. The lowest BCUT2D eigenvalue weighted by Crippen LogP contribution is -2.59. The number of H-pyrrole nitrogens is 1.